The van der Waals surface area contributed by atoms with E-state index in [0.717, 1.165) is 0 Å². The highest BCUT2D eigenvalue weighted by Crippen LogP contribution is 2.18. The number of aromatic amines is 1. The highest BCUT2D eigenvalue weighted by Gasteiger charge is 2.17. The van der Waals surface area contributed by atoms with Crippen molar-refractivity contribution in [2.75, 3.05) is 24.4 Å². The number of nitrogens with one attached hydrogen (secondary N) is 3. The molecule has 116 valence electrons. The lowest BCUT2D eigenvalue weighted by Gasteiger charge is -2.08. The summed E-state index contributed by atoms with van der Waals surface area (Å²) in [4.78, 5) is 30.2. The van der Waals surface area contributed by atoms with Crippen molar-refractivity contribution >= 4 is 23.5 Å². The predicted octanol–water partition coefficient (Wildman–Crippen LogP) is 2.24. The summed E-state index contributed by atoms with van der Waals surface area (Å²) in [6.45, 7) is 1.90. The number of rotatable bonds is 5. The summed E-state index contributed by atoms with van der Waals surface area (Å²) in [5, 5.41) is 5.07. The number of nitrogens with zero attached hydrogens (tertiary/aromatic N) is 1. The Hall–Kier alpha value is -3.03. The van der Waals surface area contributed by atoms with E-state index in [9.17, 15) is 9.59 Å². The second kappa shape index (κ2) is 7.11. The van der Waals surface area contributed by atoms with Crippen LogP contribution < -0.4 is 15.4 Å². The molecule has 2 rings (SSSR count). The van der Waals surface area contributed by atoms with Crippen LogP contribution in [0.4, 0.5) is 16.3 Å². The largest absolute Gasteiger partial charge is 0.497 e. The first kappa shape index (κ1) is 15.4. The van der Waals surface area contributed by atoms with E-state index >= 15 is 0 Å². The molecule has 22 heavy (non-hydrogen) atoms. The van der Waals surface area contributed by atoms with Gasteiger partial charge in [-0.05, 0) is 19.1 Å². The van der Waals surface area contributed by atoms with Gasteiger partial charge in [-0.3, -0.25) is 10.1 Å². The molecule has 2 aromatic rings. The molecular formula is C14H16N4O4. The zero-order chi connectivity index (χ0) is 15.9. The SMILES string of the molecule is CCOC(=O)Nc1nc[nH]c1C(=O)Nc1cccc(OC)c1. The minimum Gasteiger partial charge on any atom is -0.497 e. The first-order valence-corrected chi connectivity index (χ1v) is 6.56. The highest BCUT2D eigenvalue weighted by molar-refractivity contribution is 6.07. The average Bonchev–Trinajstić information content (AvgIpc) is 2.95. The van der Waals surface area contributed by atoms with Crippen molar-refractivity contribution < 1.29 is 19.1 Å². The molecular weight excluding hydrogens is 288 g/mol. The van der Waals surface area contributed by atoms with Crippen LogP contribution in [0.2, 0.25) is 0 Å². The predicted molar refractivity (Wildman–Crippen MR) is 80.2 cm³/mol. The number of methoxy groups -OCH3 is 1. The van der Waals surface area contributed by atoms with E-state index in [1.165, 1.54) is 13.4 Å². The Kier molecular flexibility index (Phi) is 4.97. The second-order valence-corrected chi connectivity index (χ2v) is 4.16. The summed E-state index contributed by atoms with van der Waals surface area (Å²) in [5.74, 6) is 0.267. The second-order valence-electron chi connectivity index (χ2n) is 4.16. The topological polar surface area (TPSA) is 105 Å². The number of hydrogen-bond acceptors (Lipinski definition) is 5. The van der Waals surface area contributed by atoms with Gasteiger partial charge < -0.3 is 19.8 Å². The van der Waals surface area contributed by atoms with Crippen LogP contribution in [0.5, 0.6) is 5.75 Å². The molecule has 0 saturated carbocycles. The van der Waals surface area contributed by atoms with Gasteiger partial charge in [-0.15, -0.1) is 0 Å². The van der Waals surface area contributed by atoms with Crippen LogP contribution in [0.15, 0.2) is 30.6 Å². The standard InChI is InChI=1S/C14H16N4O4/c1-3-22-14(20)18-12-11(15-8-16-12)13(19)17-9-5-4-6-10(7-9)21-2/h4-8H,3H2,1-2H3,(H,15,16)(H,17,19)(H,18,20). The summed E-state index contributed by atoms with van der Waals surface area (Å²) in [7, 11) is 1.54. The molecule has 0 atom stereocenters. The zero-order valence-electron chi connectivity index (χ0n) is 12.2. The number of carbonyl (C=O) groups excluding carboxylic acids is 2. The first-order chi connectivity index (χ1) is 10.6. The lowest BCUT2D eigenvalue weighted by Crippen LogP contribution is -2.19. The van der Waals surface area contributed by atoms with Gasteiger partial charge in [-0.25, -0.2) is 9.78 Å². The number of ether oxygens (including phenoxy) is 2. The third-order valence-corrected chi connectivity index (χ3v) is 2.69. The number of carbonyl (C=O) groups is 2. The monoisotopic (exact) mass is 304 g/mol. The Morgan fingerprint density at radius 2 is 2.14 bits per heavy atom. The van der Waals surface area contributed by atoms with Crippen LogP contribution in [0.1, 0.15) is 17.4 Å². The molecule has 2 amide bonds. The van der Waals surface area contributed by atoms with E-state index in [1.807, 2.05) is 0 Å². The van der Waals surface area contributed by atoms with Gasteiger partial charge in [0.1, 0.15) is 11.4 Å². The van der Waals surface area contributed by atoms with Gasteiger partial charge in [-0.2, -0.15) is 0 Å². The van der Waals surface area contributed by atoms with Crippen LogP contribution in [-0.2, 0) is 4.74 Å². The van der Waals surface area contributed by atoms with Crippen molar-refractivity contribution in [3.8, 4) is 5.75 Å². The Morgan fingerprint density at radius 1 is 1.32 bits per heavy atom. The average molecular weight is 304 g/mol. The lowest BCUT2D eigenvalue weighted by molar-refractivity contribution is 0.102. The Balaban J connectivity index is 2.09. The third-order valence-electron chi connectivity index (χ3n) is 2.69. The van der Waals surface area contributed by atoms with E-state index in [-0.39, 0.29) is 18.1 Å². The summed E-state index contributed by atoms with van der Waals surface area (Å²) in [6, 6.07) is 6.90. The fourth-order valence-corrected chi connectivity index (χ4v) is 1.72. The van der Waals surface area contributed by atoms with Crippen molar-refractivity contribution in [3.63, 3.8) is 0 Å². The highest BCUT2D eigenvalue weighted by atomic mass is 16.5. The van der Waals surface area contributed by atoms with Gasteiger partial charge >= 0.3 is 6.09 Å². The fraction of sp³-hybridized carbons (Fsp3) is 0.214. The van der Waals surface area contributed by atoms with Crippen LogP contribution in [-0.4, -0.2) is 35.7 Å². The van der Waals surface area contributed by atoms with Crippen LogP contribution in [0.25, 0.3) is 0 Å². The number of aromatic nitrogens is 2. The minimum atomic E-state index is -0.676. The van der Waals surface area contributed by atoms with Crippen LogP contribution in [0, 0.1) is 0 Å². The quantitative estimate of drug-likeness (QED) is 0.785. The maximum Gasteiger partial charge on any atom is 0.412 e. The lowest BCUT2D eigenvalue weighted by atomic mass is 10.3. The van der Waals surface area contributed by atoms with E-state index < -0.39 is 12.0 Å². The number of H-pyrrole nitrogens is 1. The summed E-state index contributed by atoms with van der Waals surface area (Å²) >= 11 is 0. The number of amides is 2. The van der Waals surface area contributed by atoms with E-state index in [0.29, 0.717) is 11.4 Å². The van der Waals surface area contributed by atoms with Crippen LogP contribution in [0.3, 0.4) is 0 Å². The molecule has 0 aliphatic rings. The van der Waals surface area contributed by atoms with Crippen molar-refractivity contribution in [2.24, 2.45) is 0 Å². The molecule has 0 unspecified atom stereocenters. The molecule has 0 radical (unpaired) electrons. The fourth-order valence-electron chi connectivity index (χ4n) is 1.72. The van der Waals surface area contributed by atoms with E-state index in [1.54, 1.807) is 31.2 Å². The molecule has 8 nitrogen and oxygen atoms in total. The first-order valence-electron chi connectivity index (χ1n) is 6.56. The Morgan fingerprint density at radius 3 is 2.86 bits per heavy atom. The molecule has 8 heteroatoms. The maximum atomic E-state index is 12.2. The molecule has 1 aromatic carbocycles. The molecule has 1 heterocycles. The van der Waals surface area contributed by atoms with Crippen LogP contribution >= 0.6 is 0 Å². The Bertz CT molecular complexity index is 668. The summed E-state index contributed by atoms with van der Waals surface area (Å²) in [6.07, 6.45) is 0.632. The Labute approximate surface area is 126 Å². The van der Waals surface area contributed by atoms with Crippen molar-refractivity contribution in [3.05, 3.63) is 36.3 Å². The van der Waals surface area contributed by atoms with Crippen molar-refractivity contribution in [1.29, 1.82) is 0 Å². The maximum absolute atomic E-state index is 12.2. The third kappa shape index (κ3) is 3.75. The molecule has 0 saturated heterocycles. The normalized spacial score (nSPS) is 9.91. The molecule has 0 spiro atoms. The molecule has 0 aliphatic heterocycles. The number of anilines is 2. The van der Waals surface area contributed by atoms with Gasteiger partial charge in [0, 0.05) is 11.8 Å². The van der Waals surface area contributed by atoms with Crippen molar-refractivity contribution in [1.82, 2.24) is 9.97 Å². The summed E-state index contributed by atoms with van der Waals surface area (Å²) in [5.41, 5.74) is 0.678. The molecule has 1 aromatic heterocycles. The number of imidazole rings is 1. The van der Waals surface area contributed by atoms with Crippen molar-refractivity contribution in [2.45, 2.75) is 6.92 Å². The zero-order valence-corrected chi connectivity index (χ0v) is 12.2. The van der Waals surface area contributed by atoms with Gasteiger partial charge in [0.2, 0.25) is 0 Å². The number of benzene rings is 1. The molecule has 0 bridgehead atoms. The van der Waals surface area contributed by atoms with Gasteiger partial charge in [0.15, 0.2) is 5.82 Å². The minimum absolute atomic E-state index is 0.0962. The van der Waals surface area contributed by atoms with E-state index in [2.05, 4.69) is 20.6 Å². The van der Waals surface area contributed by atoms with Gasteiger partial charge in [0.05, 0.1) is 20.0 Å². The molecule has 3 N–H and O–H groups in total. The summed E-state index contributed by atoms with van der Waals surface area (Å²) < 4.78 is 9.83. The van der Waals surface area contributed by atoms with Gasteiger partial charge in [-0.1, -0.05) is 6.07 Å². The van der Waals surface area contributed by atoms with Gasteiger partial charge in [0.25, 0.3) is 5.91 Å². The van der Waals surface area contributed by atoms with E-state index in [4.69, 9.17) is 9.47 Å². The molecule has 0 fully saturated rings. The number of hydrogen-bond donors (Lipinski definition) is 3. The smallest absolute Gasteiger partial charge is 0.412 e. The molecule has 0 aliphatic carbocycles.